The number of Topliss-reactive ketones (excluding diaryl/α,β-unsaturated/α-hetero) is 1. The summed E-state index contributed by atoms with van der Waals surface area (Å²) in [6, 6.07) is 13.1. The number of likely N-dealkylation sites (tertiary alicyclic amines) is 1. The first-order valence-corrected chi connectivity index (χ1v) is 10.3. The number of amides is 2. The number of aliphatic hydroxyl groups excluding tert-OH is 1. The molecule has 32 heavy (non-hydrogen) atoms. The minimum absolute atomic E-state index is 0.0134. The lowest BCUT2D eigenvalue weighted by atomic mass is 9.82. The Morgan fingerprint density at radius 3 is 2.50 bits per heavy atom. The minimum Gasteiger partial charge on any atom is -0.507 e. The van der Waals surface area contributed by atoms with Crippen LogP contribution in [-0.2, 0) is 24.7 Å². The number of fused-ring (bicyclic) bond motifs is 2. The Hall–Kier alpha value is -3.42. The van der Waals surface area contributed by atoms with Gasteiger partial charge in [0.25, 0.3) is 17.6 Å². The van der Waals surface area contributed by atoms with E-state index in [4.69, 9.17) is 16.3 Å². The van der Waals surface area contributed by atoms with Crippen molar-refractivity contribution in [1.29, 1.82) is 0 Å². The molecular weight excluding hydrogens is 432 g/mol. The van der Waals surface area contributed by atoms with Gasteiger partial charge in [-0.2, -0.15) is 0 Å². The van der Waals surface area contributed by atoms with Gasteiger partial charge in [-0.25, -0.2) is 0 Å². The Kier molecular flexibility index (Phi) is 5.62. The molecule has 2 aliphatic heterocycles. The molecule has 164 valence electrons. The third-order valence-electron chi connectivity index (χ3n) is 5.76. The number of anilines is 1. The fourth-order valence-electron chi connectivity index (χ4n) is 4.41. The normalized spacial score (nSPS) is 21.5. The van der Waals surface area contributed by atoms with E-state index in [0.29, 0.717) is 16.3 Å². The SMILES string of the molecule is C=CCN1C(=O)C2(C(=C(O)c3ccc(Cl)cc3)C(=O)C(=O)N2CCOC)c2ccccc21. The number of hydrogen-bond donors (Lipinski definition) is 1. The zero-order valence-corrected chi connectivity index (χ0v) is 18.1. The summed E-state index contributed by atoms with van der Waals surface area (Å²) in [6.45, 7) is 3.98. The van der Waals surface area contributed by atoms with Crippen molar-refractivity contribution < 1.29 is 24.2 Å². The third-order valence-corrected chi connectivity index (χ3v) is 6.01. The molecular formula is C24H21ClN2O5. The van der Waals surface area contributed by atoms with Crippen LogP contribution < -0.4 is 4.90 Å². The maximum atomic E-state index is 14.0. The molecule has 2 heterocycles. The van der Waals surface area contributed by atoms with E-state index in [1.165, 1.54) is 29.0 Å². The number of carbonyl (C=O) groups excluding carboxylic acids is 3. The van der Waals surface area contributed by atoms with Crippen molar-refractivity contribution in [2.75, 3.05) is 31.7 Å². The lowest BCUT2D eigenvalue weighted by Crippen LogP contribution is -2.52. The summed E-state index contributed by atoms with van der Waals surface area (Å²) in [5.74, 6) is -2.76. The summed E-state index contributed by atoms with van der Waals surface area (Å²) in [5.41, 5.74) is -0.826. The number of para-hydroxylation sites is 1. The Bertz CT molecular complexity index is 1160. The first-order chi connectivity index (χ1) is 15.4. The van der Waals surface area contributed by atoms with Crippen LogP contribution in [0.1, 0.15) is 11.1 Å². The van der Waals surface area contributed by atoms with E-state index in [-0.39, 0.29) is 30.8 Å². The first kappa shape index (κ1) is 21.8. The second-order valence-corrected chi connectivity index (χ2v) is 7.88. The van der Waals surface area contributed by atoms with Crippen LogP contribution in [0, 0.1) is 0 Å². The number of hydrogen-bond acceptors (Lipinski definition) is 5. The molecule has 7 nitrogen and oxygen atoms in total. The second-order valence-electron chi connectivity index (χ2n) is 7.44. The quantitative estimate of drug-likeness (QED) is 0.315. The molecule has 2 aromatic rings. The fourth-order valence-corrected chi connectivity index (χ4v) is 4.54. The average Bonchev–Trinajstić information content (AvgIpc) is 3.17. The minimum atomic E-state index is -1.81. The van der Waals surface area contributed by atoms with Crippen molar-refractivity contribution in [2.45, 2.75) is 5.54 Å². The van der Waals surface area contributed by atoms with E-state index in [0.717, 1.165) is 0 Å². The van der Waals surface area contributed by atoms with Gasteiger partial charge >= 0.3 is 0 Å². The molecule has 0 radical (unpaired) electrons. The van der Waals surface area contributed by atoms with Crippen LogP contribution in [0.4, 0.5) is 5.69 Å². The Morgan fingerprint density at radius 1 is 1.16 bits per heavy atom. The predicted octanol–water partition coefficient (Wildman–Crippen LogP) is 3.09. The van der Waals surface area contributed by atoms with Gasteiger partial charge in [0.1, 0.15) is 5.76 Å². The predicted molar refractivity (Wildman–Crippen MR) is 120 cm³/mol. The summed E-state index contributed by atoms with van der Waals surface area (Å²) in [5, 5.41) is 11.7. The summed E-state index contributed by atoms with van der Waals surface area (Å²) in [4.78, 5) is 43.1. The van der Waals surface area contributed by atoms with Crippen LogP contribution in [-0.4, -0.2) is 54.4 Å². The van der Waals surface area contributed by atoms with E-state index in [2.05, 4.69) is 6.58 Å². The number of aliphatic hydroxyl groups is 1. The fraction of sp³-hybridized carbons (Fsp3) is 0.208. The van der Waals surface area contributed by atoms with Crippen LogP contribution >= 0.6 is 11.6 Å². The molecule has 0 aliphatic carbocycles. The van der Waals surface area contributed by atoms with Crippen LogP contribution in [0.25, 0.3) is 5.76 Å². The molecule has 2 aromatic carbocycles. The smallest absolute Gasteiger partial charge is 0.296 e. The van der Waals surface area contributed by atoms with Crippen LogP contribution in [0.2, 0.25) is 5.02 Å². The van der Waals surface area contributed by atoms with Crippen molar-refractivity contribution in [3.63, 3.8) is 0 Å². The highest BCUT2D eigenvalue weighted by atomic mass is 35.5. The zero-order valence-electron chi connectivity index (χ0n) is 17.4. The second kappa shape index (κ2) is 8.26. The highest BCUT2D eigenvalue weighted by Gasteiger charge is 2.66. The molecule has 1 unspecified atom stereocenters. The van der Waals surface area contributed by atoms with E-state index in [1.54, 1.807) is 42.5 Å². The van der Waals surface area contributed by atoms with Gasteiger partial charge in [0.15, 0.2) is 5.54 Å². The molecule has 0 saturated carbocycles. The molecule has 8 heteroatoms. The van der Waals surface area contributed by atoms with Crippen molar-refractivity contribution in [1.82, 2.24) is 4.90 Å². The van der Waals surface area contributed by atoms with Crippen molar-refractivity contribution in [2.24, 2.45) is 0 Å². The van der Waals surface area contributed by atoms with Crippen molar-refractivity contribution in [3.05, 3.63) is 82.9 Å². The van der Waals surface area contributed by atoms with E-state index >= 15 is 0 Å². The van der Waals surface area contributed by atoms with Crippen LogP contribution in [0.3, 0.4) is 0 Å². The number of nitrogens with zero attached hydrogens (tertiary/aromatic N) is 2. The molecule has 1 atom stereocenters. The molecule has 1 saturated heterocycles. The number of carbonyl (C=O) groups is 3. The molecule has 2 amide bonds. The number of ether oxygens (including phenoxy) is 1. The summed E-state index contributed by atoms with van der Waals surface area (Å²) in [6.07, 6.45) is 1.56. The summed E-state index contributed by atoms with van der Waals surface area (Å²) in [7, 11) is 1.46. The third kappa shape index (κ3) is 2.97. The monoisotopic (exact) mass is 452 g/mol. The molecule has 4 rings (SSSR count). The molecule has 1 fully saturated rings. The van der Waals surface area contributed by atoms with E-state index in [1.807, 2.05) is 0 Å². The molecule has 2 aliphatic rings. The Morgan fingerprint density at radius 2 is 1.84 bits per heavy atom. The van der Waals surface area contributed by atoms with Gasteiger partial charge in [-0.3, -0.25) is 14.4 Å². The van der Waals surface area contributed by atoms with Gasteiger partial charge in [-0.05, 0) is 30.3 Å². The molecule has 1 spiro atoms. The highest BCUT2D eigenvalue weighted by Crippen LogP contribution is 2.53. The largest absolute Gasteiger partial charge is 0.507 e. The van der Waals surface area contributed by atoms with Gasteiger partial charge in [0.2, 0.25) is 0 Å². The molecule has 0 bridgehead atoms. The lowest BCUT2D eigenvalue weighted by Gasteiger charge is -2.34. The van der Waals surface area contributed by atoms with E-state index < -0.39 is 28.9 Å². The summed E-state index contributed by atoms with van der Waals surface area (Å²) < 4.78 is 5.14. The maximum Gasteiger partial charge on any atom is 0.296 e. The van der Waals surface area contributed by atoms with E-state index in [9.17, 15) is 19.5 Å². The summed E-state index contributed by atoms with van der Waals surface area (Å²) >= 11 is 5.96. The van der Waals surface area contributed by atoms with Crippen LogP contribution in [0.15, 0.2) is 66.8 Å². The van der Waals surface area contributed by atoms with Crippen molar-refractivity contribution in [3.8, 4) is 0 Å². The standard InChI is InChI=1S/C24H21ClN2O5/c1-3-12-26-18-7-5-4-6-17(18)24(23(26)31)19(20(28)15-8-10-16(25)11-9-15)21(29)22(30)27(24)13-14-32-2/h3-11,28H,1,12-14H2,2H3. The molecule has 1 N–H and O–H groups in total. The van der Waals surface area contributed by atoms with Gasteiger partial charge in [0.05, 0.1) is 17.9 Å². The number of methoxy groups -OCH3 is 1. The first-order valence-electron chi connectivity index (χ1n) is 9.96. The van der Waals surface area contributed by atoms with Gasteiger partial charge < -0.3 is 19.6 Å². The topological polar surface area (TPSA) is 87.2 Å². The van der Waals surface area contributed by atoms with Crippen molar-refractivity contribution >= 4 is 40.6 Å². The van der Waals surface area contributed by atoms with Crippen LogP contribution in [0.5, 0.6) is 0 Å². The van der Waals surface area contributed by atoms with Gasteiger partial charge in [0, 0.05) is 36.3 Å². The van der Waals surface area contributed by atoms with Gasteiger partial charge in [-0.1, -0.05) is 35.9 Å². The maximum absolute atomic E-state index is 14.0. The lowest BCUT2D eigenvalue weighted by molar-refractivity contribution is -0.144. The number of halogens is 1. The average molecular weight is 453 g/mol. The molecule has 0 aromatic heterocycles. The zero-order chi connectivity index (χ0) is 23.0. The Labute approximate surface area is 190 Å². The highest BCUT2D eigenvalue weighted by molar-refractivity contribution is 6.50. The number of benzene rings is 2. The Balaban J connectivity index is 2.06. The number of rotatable bonds is 6. The van der Waals surface area contributed by atoms with Gasteiger partial charge in [-0.15, -0.1) is 6.58 Å². The number of ketones is 1.